The number of nitrogens with zero attached hydrogens (tertiary/aromatic N) is 2. The molecule has 0 fully saturated rings. The fourth-order valence-electron chi connectivity index (χ4n) is 1.74. The number of benzene rings is 1. The monoisotopic (exact) mass is 278 g/mol. The molecule has 0 unspecified atom stereocenters. The molecule has 0 amide bonds. The molecule has 1 aromatic carbocycles. The summed E-state index contributed by atoms with van der Waals surface area (Å²) in [5, 5.41) is 8.84. The molecule has 0 N–H and O–H groups in total. The molecule has 4 nitrogen and oxygen atoms in total. The molecule has 19 heavy (non-hydrogen) atoms. The average molecular weight is 278 g/mol. The molecule has 0 bridgehead atoms. The highest BCUT2D eigenvalue weighted by Gasteiger charge is 2.10. The minimum Gasteiger partial charge on any atom is -0.372 e. The molecule has 0 spiro atoms. The second kappa shape index (κ2) is 6.39. The highest BCUT2D eigenvalue weighted by molar-refractivity contribution is 7.95. The Kier molecular flexibility index (Phi) is 5.13. The van der Waals surface area contributed by atoms with Gasteiger partial charge in [0.15, 0.2) is 9.84 Å². The average Bonchev–Trinajstić information content (AvgIpc) is 2.37. The normalized spacial score (nSPS) is 12.0. The van der Waals surface area contributed by atoms with E-state index >= 15 is 0 Å². The van der Waals surface area contributed by atoms with E-state index in [0.717, 1.165) is 25.0 Å². The molecule has 0 aliphatic rings. The van der Waals surface area contributed by atoms with Gasteiger partial charge in [0.2, 0.25) is 0 Å². The molecule has 5 heteroatoms. The van der Waals surface area contributed by atoms with Crippen LogP contribution < -0.4 is 4.90 Å². The molecular formula is C14H18N2O2S. The van der Waals surface area contributed by atoms with Crippen LogP contribution in [0.3, 0.4) is 0 Å². The Morgan fingerprint density at radius 3 is 2.16 bits per heavy atom. The smallest absolute Gasteiger partial charge is 0.185 e. The lowest BCUT2D eigenvalue weighted by Crippen LogP contribution is -2.21. The molecule has 0 aromatic heterocycles. The standard InChI is InChI=1S/C14H18N2O2S/c1-4-16(5-2)13-8-6-12(7-9-13)10-14(11-15)19(3,17)18/h6-10H,4-5H2,1-3H3/b14-10-. The van der Waals surface area contributed by atoms with Gasteiger partial charge < -0.3 is 4.90 Å². The van der Waals surface area contributed by atoms with Gasteiger partial charge in [-0.05, 0) is 37.6 Å². The first-order valence-corrected chi connectivity index (χ1v) is 7.98. The van der Waals surface area contributed by atoms with Gasteiger partial charge in [0, 0.05) is 25.0 Å². The Morgan fingerprint density at radius 1 is 1.26 bits per heavy atom. The van der Waals surface area contributed by atoms with Gasteiger partial charge in [0.1, 0.15) is 11.0 Å². The summed E-state index contributed by atoms with van der Waals surface area (Å²) in [6.45, 7) is 5.99. The van der Waals surface area contributed by atoms with E-state index in [-0.39, 0.29) is 4.91 Å². The Labute approximate surface area is 114 Å². The van der Waals surface area contributed by atoms with E-state index < -0.39 is 9.84 Å². The molecular weight excluding hydrogens is 260 g/mol. The van der Waals surface area contributed by atoms with Crippen molar-refractivity contribution < 1.29 is 8.42 Å². The largest absolute Gasteiger partial charge is 0.372 e. The predicted molar refractivity (Wildman–Crippen MR) is 78.4 cm³/mol. The van der Waals surface area contributed by atoms with E-state index in [1.54, 1.807) is 6.07 Å². The van der Waals surface area contributed by atoms with Crippen LogP contribution in [0.5, 0.6) is 0 Å². The summed E-state index contributed by atoms with van der Waals surface area (Å²) in [4.78, 5) is 1.97. The molecule has 0 saturated carbocycles. The maximum atomic E-state index is 11.3. The van der Waals surface area contributed by atoms with Crippen LogP contribution in [0.4, 0.5) is 5.69 Å². The summed E-state index contributed by atoms with van der Waals surface area (Å²) >= 11 is 0. The van der Waals surface area contributed by atoms with Crippen molar-refractivity contribution in [3.63, 3.8) is 0 Å². The molecule has 0 radical (unpaired) electrons. The lowest BCUT2D eigenvalue weighted by molar-refractivity contribution is 0.609. The van der Waals surface area contributed by atoms with Crippen molar-refractivity contribution in [1.29, 1.82) is 5.26 Å². The third kappa shape index (κ3) is 4.11. The lowest BCUT2D eigenvalue weighted by Gasteiger charge is -2.20. The van der Waals surface area contributed by atoms with Crippen LogP contribution in [-0.2, 0) is 9.84 Å². The van der Waals surface area contributed by atoms with Gasteiger partial charge in [0.05, 0.1) is 0 Å². The third-order valence-corrected chi connectivity index (χ3v) is 3.84. The fourth-order valence-corrected chi connectivity index (χ4v) is 2.26. The predicted octanol–water partition coefficient (Wildman–Crippen LogP) is 2.44. The first-order valence-electron chi connectivity index (χ1n) is 6.09. The lowest BCUT2D eigenvalue weighted by atomic mass is 10.2. The van der Waals surface area contributed by atoms with Gasteiger partial charge >= 0.3 is 0 Å². The quantitative estimate of drug-likeness (QED) is 0.776. The van der Waals surface area contributed by atoms with Crippen LogP contribution in [-0.4, -0.2) is 27.8 Å². The Morgan fingerprint density at radius 2 is 1.79 bits per heavy atom. The van der Waals surface area contributed by atoms with E-state index in [4.69, 9.17) is 5.26 Å². The number of anilines is 1. The van der Waals surface area contributed by atoms with Gasteiger partial charge in [-0.2, -0.15) is 5.26 Å². The molecule has 0 saturated heterocycles. The van der Waals surface area contributed by atoms with Gasteiger partial charge in [-0.3, -0.25) is 0 Å². The van der Waals surface area contributed by atoms with E-state index in [9.17, 15) is 8.42 Å². The van der Waals surface area contributed by atoms with Gasteiger partial charge in [-0.1, -0.05) is 12.1 Å². The minimum atomic E-state index is -3.46. The molecule has 0 aliphatic heterocycles. The molecule has 0 heterocycles. The summed E-state index contributed by atoms with van der Waals surface area (Å²) in [5.74, 6) is 0. The van der Waals surface area contributed by atoms with Crippen LogP contribution in [0.1, 0.15) is 19.4 Å². The molecule has 1 aromatic rings. The van der Waals surface area contributed by atoms with Crippen LogP contribution in [0.2, 0.25) is 0 Å². The van der Waals surface area contributed by atoms with Crippen molar-refractivity contribution in [2.75, 3.05) is 24.2 Å². The molecule has 0 atom stereocenters. The maximum absolute atomic E-state index is 11.3. The van der Waals surface area contributed by atoms with E-state index in [1.807, 2.05) is 24.3 Å². The van der Waals surface area contributed by atoms with Crippen molar-refractivity contribution in [1.82, 2.24) is 0 Å². The second-order valence-electron chi connectivity index (χ2n) is 4.16. The van der Waals surface area contributed by atoms with E-state index in [2.05, 4.69) is 18.7 Å². The summed E-state index contributed by atoms with van der Waals surface area (Å²) in [6.07, 6.45) is 2.42. The number of allylic oxidation sites excluding steroid dienone is 1. The van der Waals surface area contributed by atoms with Crippen molar-refractivity contribution in [2.45, 2.75) is 13.8 Å². The summed E-state index contributed by atoms with van der Waals surface area (Å²) in [7, 11) is -3.46. The summed E-state index contributed by atoms with van der Waals surface area (Å²) in [6, 6.07) is 9.20. The zero-order chi connectivity index (χ0) is 14.5. The third-order valence-electron chi connectivity index (χ3n) is 2.83. The minimum absolute atomic E-state index is 0.219. The maximum Gasteiger partial charge on any atom is 0.185 e. The highest BCUT2D eigenvalue weighted by Crippen LogP contribution is 2.17. The highest BCUT2D eigenvalue weighted by atomic mass is 32.2. The molecule has 1 rings (SSSR count). The van der Waals surface area contributed by atoms with Crippen LogP contribution in [0.15, 0.2) is 29.2 Å². The Balaban J connectivity index is 3.07. The SMILES string of the molecule is CCN(CC)c1ccc(/C=C(/C#N)S(C)(=O)=O)cc1. The zero-order valence-electron chi connectivity index (χ0n) is 11.4. The van der Waals surface area contributed by atoms with Gasteiger partial charge in [-0.15, -0.1) is 0 Å². The number of rotatable bonds is 5. The summed E-state index contributed by atoms with van der Waals surface area (Å²) < 4.78 is 22.7. The van der Waals surface area contributed by atoms with Crippen LogP contribution >= 0.6 is 0 Å². The second-order valence-corrected chi connectivity index (χ2v) is 6.14. The van der Waals surface area contributed by atoms with Crippen LogP contribution in [0.25, 0.3) is 6.08 Å². The van der Waals surface area contributed by atoms with Crippen molar-refractivity contribution >= 4 is 21.6 Å². The van der Waals surface area contributed by atoms with Crippen molar-refractivity contribution in [3.8, 4) is 6.07 Å². The number of sulfone groups is 1. The Bertz CT molecular complexity index is 591. The number of hydrogen-bond acceptors (Lipinski definition) is 4. The number of hydrogen-bond donors (Lipinski definition) is 0. The van der Waals surface area contributed by atoms with Crippen LogP contribution in [0, 0.1) is 11.3 Å². The molecule has 0 aliphatic carbocycles. The first-order chi connectivity index (χ1) is 8.92. The molecule has 102 valence electrons. The van der Waals surface area contributed by atoms with Crippen molar-refractivity contribution in [2.24, 2.45) is 0 Å². The van der Waals surface area contributed by atoms with E-state index in [0.29, 0.717) is 5.56 Å². The van der Waals surface area contributed by atoms with Gasteiger partial charge in [-0.25, -0.2) is 8.42 Å². The first kappa shape index (κ1) is 15.3. The van der Waals surface area contributed by atoms with Crippen molar-refractivity contribution in [3.05, 3.63) is 34.7 Å². The van der Waals surface area contributed by atoms with E-state index in [1.165, 1.54) is 6.08 Å². The zero-order valence-corrected chi connectivity index (χ0v) is 12.2. The van der Waals surface area contributed by atoms with Gasteiger partial charge in [0.25, 0.3) is 0 Å². The fraction of sp³-hybridized carbons (Fsp3) is 0.357. The summed E-state index contributed by atoms with van der Waals surface area (Å²) in [5.41, 5.74) is 1.79. The topological polar surface area (TPSA) is 61.2 Å². The number of nitriles is 1. The Hall–Kier alpha value is -1.80.